The Kier molecular flexibility index (Phi) is 2.46. The van der Waals surface area contributed by atoms with Crippen LogP contribution in [0.4, 0.5) is 0 Å². The second-order valence-corrected chi connectivity index (χ2v) is 3.07. The molecule has 0 aliphatic carbocycles. The zero-order valence-electron chi connectivity index (χ0n) is 6.51. The lowest BCUT2D eigenvalue weighted by molar-refractivity contribution is 0.283. The Labute approximate surface area is 62.5 Å². The quantitative estimate of drug-likeness (QED) is 0.530. The van der Waals surface area contributed by atoms with Gasteiger partial charge in [-0.1, -0.05) is 6.08 Å². The van der Waals surface area contributed by atoms with E-state index in [-0.39, 0.29) is 6.17 Å². The molecule has 2 heteroatoms. The SMILES string of the molecule is C=CC1CCC(C)NC1N. The Morgan fingerprint density at radius 3 is 2.80 bits per heavy atom. The second kappa shape index (κ2) is 3.17. The Morgan fingerprint density at radius 1 is 1.60 bits per heavy atom. The summed E-state index contributed by atoms with van der Waals surface area (Å²) in [6.07, 6.45) is 4.47. The second-order valence-electron chi connectivity index (χ2n) is 3.07. The molecule has 3 N–H and O–H groups in total. The lowest BCUT2D eigenvalue weighted by Gasteiger charge is -2.31. The van der Waals surface area contributed by atoms with E-state index in [4.69, 9.17) is 5.73 Å². The number of hydrogen-bond acceptors (Lipinski definition) is 2. The van der Waals surface area contributed by atoms with Crippen molar-refractivity contribution in [3.05, 3.63) is 12.7 Å². The minimum atomic E-state index is 0.126. The minimum Gasteiger partial charge on any atom is -0.315 e. The summed E-state index contributed by atoms with van der Waals surface area (Å²) in [6.45, 7) is 5.91. The van der Waals surface area contributed by atoms with Crippen molar-refractivity contribution >= 4 is 0 Å². The molecule has 10 heavy (non-hydrogen) atoms. The third-order valence-electron chi connectivity index (χ3n) is 2.17. The van der Waals surface area contributed by atoms with Gasteiger partial charge in [-0.2, -0.15) is 0 Å². The van der Waals surface area contributed by atoms with Gasteiger partial charge in [0.1, 0.15) is 0 Å². The molecule has 2 nitrogen and oxygen atoms in total. The van der Waals surface area contributed by atoms with Gasteiger partial charge >= 0.3 is 0 Å². The van der Waals surface area contributed by atoms with Crippen LogP contribution in [0.1, 0.15) is 19.8 Å². The lowest BCUT2D eigenvalue weighted by atomic mass is 9.93. The molecule has 1 saturated heterocycles. The predicted molar refractivity (Wildman–Crippen MR) is 43.5 cm³/mol. The standard InChI is InChI=1S/C8H16N2/c1-3-7-5-4-6(2)10-8(7)9/h3,6-8,10H,1,4-5,9H2,2H3. The maximum absolute atomic E-state index is 5.80. The third-order valence-corrected chi connectivity index (χ3v) is 2.17. The number of hydrogen-bond donors (Lipinski definition) is 2. The summed E-state index contributed by atoms with van der Waals surface area (Å²) < 4.78 is 0. The Balaban J connectivity index is 2.43. The van der Waals surface area contributed by atoms with E-state index in [0.29, 0.717) is 12.0 Å². The highest BCUT2D eigenvalue weighted by Gasteiger charge is 2.21. The average molecular weight is 140 g/mol. The first-order chi connectivity index (χ1) is 4.74. The van der Waals surface area contributed by atoms with Gasteiger partial charge in [0, 0.05) is 12.0 Å². The average Bonchev–Trinajstić information content (AvgIpc) is 1.88. The first-order valence-electron chi connectivity index (χ1n) is 3.88. The monoisotopic (exact) mass is 140 g/mol. The smallest absolute Gasteiger partial charge is 0.0612 e. The fourth-order valence-electron chi connectivity index (χ4n) is 1.42. The van der Waals surface area contributed by atoms with E-state index in [1.807, 2.05) is 6.08 Å². The van der Waals surface area contributed by atoms with Crippen molar-refractivity contribution in [3.8, 4) is 0 Å². The van der Waals surface area contributed by atoms with Crippen LogP contribution in [0.25, 0.3) is 0 Å². The lowest BCUT2D eigenvalue weighted by Crippen LogP contribution is -2.51. The maximum Gasteiger partial charge on any atom is 0.0612 e. The van der Waals surface area contributed by atoms with E-state index in [9.17, 15) is 0 Å². The molecule has 1 rings (SSSR count). The molecule has 0 aromatic rings. The van der Waals surface area contributed by atoms with E-state index in [1.54, 1.807) is 0 Å². The highest BCUT2D eigenvalue weighted by molar-refractivity contribution is 4.90. The van der Waals surface area contributed by atoms with E-state index in [1.165, 1.54) is 12.8 Å². The molecule has 3 unspecified atom stereocenters. The molecule has 0 saturated carbocycles. The molecule has 0 amide bonds. The van der Waals surface area contributed by atoms with E-state index in [0.717, 1.165) is 0 Å². The number of nitrogens with one attached hydrogen (secondary N) is 1. The summed E-state index contributed by atoms with van der Waals surface area (Å²) in [5, 5.41) is 3.29. The Morgan fingerprint density at radius 2 is 2.30 bits per heavy atom. The largest absolute Gasteiger partial charge is 0.315 e. The molecular weight excluding hydrogens is 124 g/mol. The molecule has 1 fully saturated rings. The number of nitrogens with two attached hydrogens (primary N) is 1. The molecule has 0 bridgehead atoms. The van der Waals surface area contributed by atoms with Crippen molar-refractivity contribution in [3.63, 3.8) is 0 Å². The van der Waals surface area contributed by atoms with Crippen LogP contribution in [0.2, 0.25) is 0 Å². The Bertz CT molecular complexity index is 122. The summed E-state index contributed by atoms with van der Waals surface area (Å²) in [4.78, 5) is 0. The summed E-state index contributed by atoms with van der Waals surface area (Å²) in [6, 6.07) is 0.575. The van der Waals surface area contributed by atoms with Crippen molar-refractivity contribution in [1.29, 1.82) is 0 Å². The first kappa shape index (κ1) is 7.76. The molecule has 0 radical (unpaired) electrons. The van der Waals surface area contributed by atoms with Crippen molar-refractivity contribution in [2.45, 2.75) is 32.0 Å². The Hall–Kier alpha value is -0.340. The van der Waals surface area contributed by atoms with Crippen molar-refractivity contribution in [2.24, 2.45) is 11.7 Å². The molecule has 58 valence electrons. The van der Waals surface area contributed by atoms with E-state index >= 15 is 0 Å². The van der Waals surface area contributed by atoms with Crippen molar-refractivity contribution in [1.82, 2.24) is 5.32 Å². The van der Waals surface area contributed by atoms with Gasteiger partial charge in [0.2, 0.25) is 0 Å². The van der Waals surface area contributed by atoms with Crippen LogP contribution >= 0.6 is 0 Å². The van der Waals surface area contributed by atoms with Gasteiger partial charge in [0.25, 0.3) is 0 Å². The highest BCUT2D eigenvalue weighted by atomic mass is 15.1. The first-order valence-corrected chi connectivity index (χ1v) is 3.88. The van der Waals surface area contributed by atoms with Crippen LogP contribution in [0, 0.1) is 5.92 Å². The molecule has 1 aliphatic heterocycles. The van der Waals surface area contributed by atoms with Gasteiger partial charge in [-0.3, -0.25) is 5.32 Å². The van der Waals surface area contributed by atoms with Gasteiger partial charge in [-0.05, 0) is 19.8 Å². The molecule has 1 heterocycles. The third kappa shape index (κ3) is 1.58. The summed E-state index contributed by atoms with van der Waals surface area (Å²) in [5.41, 5.74) is 5.80. The van der Waals surface area contributed by atoms with Gasteiger partial charge in [0.05, 0.1) is 6.17 Å². The van der Waals surface area contributed by atoms with Crippen LogP contribution in [0.3, 0.4) is 0 Å². The van der Waals surface area contributed by atoms with Crippen molar-refractivity contribution < 1.29 is 0 Å². The van der Waals surface area contributed by atoms with Crippen LogP contribution < -0.4 is 11.1 Å². The zero-order valence-corrected chi connectivity index (χ0v) is 6.51. The van der Waals surface area contributed by atoms with Crippen LogP contribution in [-0.2, 0) is 0 Å². The maximum atomic E-state index is 5.80. The predicted octanol–water partition coefficient (Wildman–Crippen LogP) is 0.845. The summed E-state index contributed by atoms with van der Waals surface area (Å²) in [7, 11) is 0. The van der Waals surface area contributed by atoms with Gasteiger partial charge in [0.15, 0.2) is 0 Å². The summed E-state index contributed by atoms with van der Waals surface area (Å²) in [5.74, 6) is 0.469. The molecule has 0 aromatic heterocycles. The van der Waals surface area contributed by atoms with E-state index < -0.39 is 0 Å². The fourth-order valence-corrected chi connectivity index (χ4v) is 1.42. The fraction of sp³-hybridized carbons (Fsp3) is 0.750. The molecule has 0 spiro atoms. The van der Waals surface area contributed by atoms with Crippen LogP contribution in [-0.4, -0.2) is 12.2 Å². The van der Waals surface area contributed by atoms with Gasteiger partial charge in [-0.15, -0.1) is 6.58 Å². The molecule has 0 aromatic carbocycles. The topological polar surface area (TPSA) is 38.0 Å². The van der Waals surface area contributed by atoms with Gasteiger partial charge < -0.3 is 5.73 Å². The molecule has 1 aliphatic rings. The van der Waals surface area contributed by atoms with Gasteiger partial charge in [-0.25, -0.2) is 0 Å². The zero-order chi connectivity index (χ0) is 7.56. The van der Waals surface area contributed by atoms with Crippen molar-refractivity contribution in [2.75, 3.05) is 0 Å². The molecule has 3 atom stereocenters. The minimum absolute atomic E-state index is 0.126. The molecular formula is C8H16N2. The highest BCUT2D eigenvalue weighted by Crippen LogP contribution is 2.17. The number of piperidine rings is 1. The summed E-state index contributed by atoms with van der Waals surface area (Å²) >= 11 is 0. The number of rotatable bonds is 1. The van der Waals surface area contributed by atoms with Crippen LogP contribution in [0.5, 0.6) is 0 Å². The van der Waals surface area contributed by atoms with Crippen LogP contribution in [0.15, 0.2) is 12.7 Å². The normalized spacial score (nSPS) is 41.2. The van der Waals surface area contributed by atoms with E-state index in [2.05, 4.69) is 18.8 Å².